The van der Waals surface area contributed by atoms with Gasteiger partial charge in [0.2, 0.25) is 15.8 Å². The Morgan fingerprint density at radius 1 is 1.06 bits per heavy atom. The zero-order chi connectivity index (χ0) is 22.4. The van der Waals surface area contributed by atoms with Crippen LogP contribution in [0.1, 0.15) is 29.3 Å². The molecule has 9 heteroatoms. The number of carbonyl (C=O) groups is 2. The molecule has 0 spiro atoms. The topological polar surface area (TPSA) is 90.0 Å². The van der Waals surface area contributed by atoms with E-state index in [0.717, 1.165) is 5.56 Å². The molecule has 0 saturated carbocycles. The van der Waals surface area contributed by atoms with Gasteiger partial charge in [-0.3, -0.25) is 9.59 Å². The van der Waals surface area contributed by atoms with Gasteiger partial charge in [-0.25, -0.2) is 12.8 Å². The first-order valence-electron chi connectivity index (χ1n) is 9.93. The summed E-state index contributed by atoms with van der Waals surface area (Å²) in [5.41, 5.74) is 1.04. The minimum atomic E-state index is -3.56. The highest BCUT2D eigenvalue weighted by atomic mass is 32.2. The van der Waals surface area contributed by atoms with Crippen LogP contribution in [-0.4, -0.2) is 56.9 Å². The fourth-order valence-corrected chi connectivity index (χ4v) is 4.58. The maximum absolute atomic E-state index is 13.0. The largest absolute Gasteiger partial charge is 0.454 e. The van der Waals surface area contributed by atoms with E-state index in [1.165, 1.54) is 47.6 Å². The monoisotopic (exact) mass is 449 g/mol. The third-order valence-electron chi connectivity index (χ3n) is 4.96. The highest BCUT2D eigenvalue weighted by Crippen LogP contribution is 2.18. The third kappa shape index (κ3) is 5.96. The molecule has 0 bridgehead atoms. The van der Waals surface area contributed by atoms with E-state index < -0.39 is 33.7 Å². The van der Waals surface area contributed by atoms with Gasteiger partial charge in [-0.1, -0.05) is 12.1 Å². The molecule has 166 valence electrons. The molecule has 31 heavy (non-hydrogen) atoms. The molecule has 1 heterocycles. The molecule has 7 nitrogen and oxygen atoms in total. The maximum atomic E-state index is 13.0. The van der Waals surface area contributed by atoms with Crippen molar-refractivity contribution in [3.05, 3.63) is 65.5 Å². The predicted molar refractivity (Wildman–Crippen MR) is 111 cm³/mol. The second kappa shape index (κ2) is 10.1. The lowest BCUT2D eigenvalue weighted by Crippen LogP contribution is -2.40. The molecule has 0 radical (unpaired) electrons. The van der Waals surface area contributed by atoms with Gasteiger partial charge in [0.15, 0.2) is 6.10 Å². The van der Waals surface area contributed by atoms with Gasteiger partial charge in [-0.15, -0.1) is 0 Å². The van der Waals surface area contributed by atoms with Crippen LogP contribution in [0.15, 0.2) is 53.4 Å². The fourth-order valence-electron chi connectivity index (χ4n) is 3.17. The number of hydrogen-bond acceptors (Lipinski definition) is 6. The van der Waals surface area contributed by atoms with Crippen molar-refractivity contribution in [1.82, 2.24) is 4.31 Å². The van der Waals surface area contributed by atoms with Crippen molar-refractivity contribution in [1.29, 1.82) is 0 Å². The first-order valence-corrected chi connectivity index (χ1v) is 11.4. The molecule has 1 unspecified atom stereocenters. The van der Waals surface area contributed by atoms with Crippen LogP contribution in [0.5, 0.6) is 0 Å². The van der Waals surface area contributed by atoms with E-state index in [2.05, 4.69) is 0 Å². The van der Waals surface area contributed by atoms with E-state index in [1.54, 1.807) is 12.1 Å². The number of ether oxygens (including phenoxy) is 2. The second-order valence-electron chi connectivity index (χ2n) is 7.16. The van der Waals surface area contributed by atoms with E-state index in [0.29, 0.717) is 32.7 Å². The van der Waals surface area contributed by atoms with Gasteiger partial charge in [-0.05, 0) is 55.3 Å². The van der Waals surface area contributed by atoms with E-state index in [-0.39, 0.29) is 16.9 Å². The summed E-state index contributed by atoms with van der Waals surface area (Å²) in [4.78, 5) is 24.6. The third-order valence-corrected chi connectivity index (χ3v) is 6.87. The Morgan fingerprint density at radius 2 is 1.68 bits per heavy atom. The van der Waals surface area contributed by atoms with Crippen LogP contribution >= 0.6 is 0 Å². The summed E-state index contributed by atoms with van der Waals surface area (Å²) >= 11 is 0. The van der Waals surface area contributed by atoms with Gasteiger partial charge in [0.1, 0.15) is 5.82 Å². The van der Waals surface area contributed by atoms with E-state index in [9.17, 15) is 22.4 Å². The summed E-state index contributed by atoms with van der Waals surface area (Å²) in [5.74, 6) is -1.41. The zero-order valence-corrected chi connectivity index (χ0v) is 17.9. The standard InChI is InChI=1S/C22H24FNO6S/c1-16(22(26)18-5-7-19(23)8-6-18)30-21(25)11-4-17-2-9-20(10-3-17)31(27,28)24-12-14-29-15-13-24/h2-3,5-10,16H,4,11-15H2,1H3. The Bertz CT molecular complexity index is 1010. The number of esters is 1. The molecule has 1 aliphatic rings. The number of morpholine rings is 1. The zero-order valence-electron chi connectivity index (χ0n) is 17.1. The average Bonchev–Trinajstić information content (AvgIpc) is 2.78. The number of carbonyl (C=O) groups excluding carboxylic acids is 2. The molecule has 0 aliphatic carbocycles. The van der Waals surface area contributed by atoms with Gasteiger partial charge in [-0.2, -0.15) is 4.31 Å². The van der Waals surface area contributed by atoms with E-state index >= 15 is 0 Å². The van der Waals surface area contributed by atoms with E-state index in [1.807, 2.05) is 0 Å². The van der Waals surface area contributed by atoms with Crippen LogP contribution in [0.4, 0.5) is 4.39 Å². The van der Waals surface area contributed by atoms with Crippen LogP contribution in [0.3, 0.4) is 0 Å². The number of ketones is 1. The number of halogens is 1. The second-order valence-corrected chi connectivity index (χ2v) is 9.10. The Kier molecular flexibility index (Phi) is 7.53. The molecule has 2 aromatic carbocycles. The minimum Gasteiger partial charge on any atom is -0.454 e. The molecule has 0 aromatic heterocycles. The number of Topliss-reactive ketones (excluding diaryl/α,β-unsaturated/α-hetero) is 1. The molecular weight excluding hydrogens is 425 g/mol. The highest BCUT2D eigenvalue weighted by Gasteiger charge is 2.26. The lowest BCUT2D eigenvalue weighted by Gasteiger charge is -2.26. The van der Waals surface area contributed by atoms with Crippen LogP contribution in [0.2, 0.25) is 0 Å². The summed E-state index contributed by atoms with van der Waals surface area (Å²) in [6.07, 6.45) is -0.607. The lowest BCUT2D eigenvalue weighted by molar-refractivity contribution is -0.146. The predicted octanol–water partition coefficient (Wildman–Crippen LogP) is 2.59. The lowest BCUT2D eigenvalue weighted by atomic mass is 10.1. The van der Waals surface area contributed by atoms with Crippen molar-refractivity contribution in [3.63, 3.8) is 0 Å². The Morgan fingerprint density at radius 3 is 2.29 bits per heavy atom. The van der Waals surface area contributed by atoms with Crippen LogP contribution < -0.4 is 0 Å². The molecule has 3 rings (SSSR count). The number of aryl methyl sites for hydroxylation is 1. The average molecular weight is 450 g/mol. The van der Waals surface area contributed by atoms with Crippen molar-refractivity contribution in [2.75, 3.05) is 26.3 Å². The van der Waals surface area contributed by atoms with Crippen molar-refractivity contribution in [2.24, 2.45) is 0 Å². The van der Waals surface area contributed by atoms with Crippen molar-refractivity contribution < 1.29 is 31.9 Å². The number of benzene rings is 2. The summed E-state index contributed by atoms with van der Waals surface area (Å²) in [5, 5.41) is 0. The molecule has 1 atom stereocenters. The van der Waals surface area contributed by atoms with Crippen molar-refractivity contribution >= 4 is 21.8 Å². The SMILES string of the molecule is CC(OC(=O)CCc1ccc(S(=O)(=O)N2CCOCC2)cc1)C(=O)c1ccc(F)cc1. The molecule has 1 aliphatic heterocycles. The smallest absolute Gasteiger partial charge is 0.306 e. The number of hydrogen-bond donors (Lipinski definition) is 0. The molecule has 2 aromatic rings. The van der Waals surface area contributed by atoms with Gasteiger partial charge in [0.25, 0.3) is 0 Å². The van der Waals surface area contributed by atoms with Crippen LogP contribution in [0.25, 0.3) is 0 Å². The highest BCUT2D eigenvalue weighted by molar-refractivity contribution is 7.89. The number of sulfonamides is 1. The minimum absolute atomic E-state index is 0.0383. The molecule has 0 N–H and O–H groups in total. The van der Waals surface area contributed by atoms with Crippen molar-refractivity contribution in [3.8, 4) is 0 Å². The Labute approximate surface area is 180 Å². The fraction of sp³-hybridized carbons (Fsp3) is 0.364. The number of rotatable bonds is 8. The van der Waals surface area contributed by atoms with Crippen LogP contribution in [0, 0.1) is 5.82 Å². The molecule has 1 saturated heterocycles. The maximum Gasteiger partial charge on any atom is 0.306 e. The summed E-state index contributed by atoms with van der Waals surface area (Å²) < 4.78 is 50.0. The van der Waals surface area contributed by atoms with Crippen LogP contribution in [-0.2, 0) is 30.7 Å². The first-order chi connectivity index (χ1) is 14.8. The molecular formula is C22H24FNO6S. The quantitative estimate of drug-likeness (QED) is 0.455. The van der Waals surface area contributed by atoms with Crippen molar-refractivity contribution in [2.45, 2.75) is 30.8 Å². The van der Waals surface area contributed by atoms with Gasteiger partial charge >= 0.3 is 5.97 Å². The normalized spacial score (nSPS) is 15.9. The molecule has 1 fully saturated rings. The summed E-state index contributed by atoms with van der Waals surface area (Å²) in [6, 6.07) is 11.4. The summed E-state index contributed by atoms with van der Waals surface area (Å²) in [7, 11) is -3.56. The van der Waals surface area contributed by atoms with Gasteiger partial charge < -0.3 is 9.47 Å². The molecule has 0 amide bonds. The van der Waals surface area contributed by atoms with Gasteiger partial charge in [0.05, 0.1) is 18.1 Å². The van der Waals surface area contributed by atoms with E-state index in [4.69, 9.17) is 9.47 Å². The Hall–Kier alpha value is -2.62. The Balaban J connectivity index is 1.52. The van der Waals surface area contributed by atoms with Gasteiger partial charge in [0, 0.05) is 25.1 Å². The summed E-state index contributed by atoms with van der Waals surface area (Å²) in [6.45, 7) is 2.87. The number of nitrogens with zero attached hydrogens (tertiary/aromatic N) is 1. The first kappa shape index (κ1) is 23.1.